The maximum absolute atomic E-state index is 9.30. The fourth-order valence-corrected chi connectivity index (χ4v) is 2.96. The van der Waals surface area contributed by atoms with Crippen LogP contribution in [-0.4, -0.2) is 57.1 Å². The van der Waals surface area contributed by atoms with Gasteiger partial charge in [-0.3, -0.25) is 4.99 Å². The van der Waals surface area contributed by atoms with Crippen molar-refractivity contribution in [1.29, 1.82) is 0 Å². The fourth-order valence-electron chi connectivity index (χ4n) is 2.77. The van der Waals surface area contributed by atoms with E-state index in [0.29, 0.717) is 43.5 Å². The number of aliphatic hydroxyl groups is 1. The summed E-state index contributed by atoms with van der Waals surface area (Å²) in [5.74, 6) is 1.42. The molecular formula is C18H28ClN3O3. The van der Waals surface area contributed by atoms with Gasteiger partial charge >= 0.3 is 0 Å². The van der Waals surface area contributed by atoms with Gasteiger partial charge in [-0.1, -0.05) is 23.7 Å². The van der Waals surface area contributed by atoms with Crippen LogP contribution in [0.15, 0.2) is 29.3 Å². The number of ether oxygens (including phenoxy) is 2. The molecule has 1 heterocycles. The molecule has 2 rings (SSSR count). The summed E-state index contributed by atoms with van der Waals surface area (Å²) in [4.78, 5) is 4.67. The highest BCUT2D eigenvalue weighted by molar-refractivity contribution is 6.32. The van der Waals surface area contributed by atoms with Crippen LogP contribution < -0.4 is 15.4 Å². The van der Waals surface area contributed by atoms with E-state index < -0.39 is 0 Å². The van der Waals surface area contributed by atoms with Crippen molar-refractivity contribution < 1.29 is 14.6 Å². The number of guanidine groups is 1. The van der Waals surface area contributed by atoms with E-state index in [1.54, 1.807) is 6.07 Å². The van der Waals surface area contributed by atoms with Crippen LogP contribution in [0.25, 0.3) is 0 Å². The molecule has 140 valence electrons. The molecule has 25 heavy (non-hydrogen) atoms. The number of nitrogens with one attached hydrogen (secondary N) is 2. The molecule has 6 nitrogen and oxygen atoms in total. The number of aliphatic imine (C=N–C) groups is 1. The summed E-state index contributed by atoms with van der Waals surface area (Å²) in [6, 6.07) is 7.42. The Labute approximate surface area is 154 Å². The first-order chi connectivity index (χ1) is 12.2. The van der Waals surface area contributed by atoms with Gasteiger partial charge in [-0.2, -0.15) is 0 Å². The van der Waals surface area contributed by atoms with E-state index >= 15 is 0 Å². The number of para-hydroxylation sites is 1. The lowest BCUT2D eigenvalue weighted by molar-refractivity contribution is 0.131. The van der Waals surface area contributed by atoms with Gasteiger partial charge in [0.25, 0.3) is 0 Å². The van der Waals surface area contributed by atoms with Gasteiger partial charge in [-0.25, -0.2) is 0 Å². The standard InChI is InChI=1S/C18H28ClN3O3/c1-2-20-17(22-13-18(7-10-23)8-11-24-14-18)21-9-12-25-16-6-4-3-5-15(16)19/h3-6,23H,2,7-14H2,1H3,(H2,20,21,22). The minimum absolute atomic E-state index is 0.0504. The number of nitrogens with zero attached hydrogens (tertiary/aromatic N) is 1. The molecule has 0 aliphatic carbocycles. The first-order valence-corrected chi connectivity index (χ1v) is 9.15. The summed E-state index contributed by atoms with van der Waals surface area (Å²) in [7, 11) is 0. The normalized spacial score (nSPS) is 20.5. The Hall–Kier alpha value is -1.50. The Morgan fingerprint density at radius 3 is 2.92 bits per heavy atom. The molecule has 1 aromatic rings. The summed E-state index contributed by atoms with van der Waals surface area (Å²) in [5.41, 5.74) is -0.0504. The third-order valence-electron chi connectivity index (χ3n) is 4.23. The predicted molar refractivity (Wildman–Crippen MR) is 101 cm³/mol. The Balaban J connectivity index is 1.82. The van der Waals surface area contributed by atoms with Crippen molar-refractivity contribution in [2.45, 2.75) is 19.8 Å². The topological polar surface area (TPSA) is 75.1 Å². The van der Waals surface area contributed by atoms with Crippen LogP contribution >= 0.6 is 11.6 Å². The molecule has 1 aliphatic heterocycles. The highest BCUT2D eigenvalue weighted by Crippen LogP contribution is 2.32. The van der Waals surface area contributed by atoms with Gasteiger partial charge in [0.15, 0.2) is 5.96 Å². The average molecular weight is 370 g/mol. The molecule has 7 heteroatoms. The van der Waals surface area contributed by atoms with Crippen molar-refractivity contribution in [3.8, 4) is 5.75 Å². The van der Waals surface area contributed by atoms with Crippen molar-refractivity contribution >= 4 is 17.6 Å². The second-order valence-corrected chi connectivity index (χ2v) is 6.58. The Bertz CT molecular complexity index is 548. The summed E-state index contributed by atoms with van der Waals surface area (Å²) >= 11 is 6.07. The second kappa shape index (κ2) is 10.5. The average Bonchev–Trinajstić information content (AvgIpc) is 3.07. The summed E-state index contributed by atoms with van der Waals surface area (Å²) in [6.45, 7) is 6.10. The maximum Gasteiger partial charge on any atom is 0.191 e. The van der Waals surface area contributed by atoms with E-state index in [9.17, 15) is 5.11 Å². The molecule has 1 aromatic carbocycles. The number of aliphatic hydroxyl groups excluding tert-OH is 1. The first kappa shape index (κ1) is 19.8. The molecule has 1 atom stereocenters. The van der Waals surface area contributed by atoms with Gasteiger partial charge in [0.2, 0.25) is 0 Å². The van der Waals surface area contributed by atoms with Crippen LogP contribution in [0.3, 0.4) is 0 Å². The number of halogens is 1. The van der Waals surface area contributed by atoms with Crippen LogP contribution in [0.5, 0.6) is 5.75 Å². The highest BCUT2D eigenvalue weighted by atomic mass is 35.5. The Morgan fingerprint density at radius 2 is 2.24 bits per heavy atom. The van der Waals surface area contributed by atoms with Crippen LogP contribution in [0.4, 0.5) is 0 Å². The zero-order valence-electron chi connectivity index (χ0n) is 14.8. The smallest absolute Gasteiger partial charge is 0.191 e. The number of hydrogen-bond acceptors (Lipinski definition) is 4. The van der Waals surface area contributed by atoms with E-state index in [2.05, 4.69) is 15.6 Å². The predicted octanol–water partition coefficient (Wildman–Crippen LogP) is 2.06. The van der Waals surface area contributed by atoms with Crippen molar-refractivity contribution in [3.05, 3.63) is 29.3 Å². The van der Waals surface area contributed by atoms with Gasteiger partial charge < -0.3 is 25.2 Å². The molecule has 1 fully saturated rings. The monoisotopic (exact) mass is 369 g/mol. The lowest BCUT2D eigenvalue weighted by Crippen LogP contribution is -2.40. The lowest BCUT2D eigenvalue weighted by Gasteiger charge is -2.24. The zero-order chi connectivity index (χ0) is 18.0. The van der Waals surface area contributed by atoms with E-state index in [1.807, 2.05) is 25.1 Å². The third-order valence-corrected chi connectivity index (χ3v) is 4.54. The Morgan fingerprint density at radius 1 is 1.40 bits per heavy atom. The summed E-state index contributed by atoms with van der Waals surface area (Å²) in [6.07, 6.45) is 1.65. The minimum Gasteiger partial charge on any atom is -0.490 e. The van der Waals surface area contributed by atoms with E-state index in [1.165, 1.54) is 0 Å². The molecule has 0 saturated carbocycles. The second-order valence-electron chi connectivity index (χ2n) is 6.18. The van der Waals surface area contributed by atoms with Crippen LogP contribution in [0.2, 0.25) is 5.02 Å². The van der Waals surface area contributed by atoms with E-state index in [0.717, 1.165) is 25.5 Å². The van der Waals surface area contributed by atoms with E-state index in [-0.39, 0.29) is 12.0 Å². The van der Waals surface area contributed by atoms with Gasteiger partial charge in [-0.05, 0) is 31.9 Å². The summed E-state index contributed by atoms with van der Waals surface area (Å²) in [5, 5.41) is 16.4. The number of rotatable bonds is 9. The highest BCUT2D eigenvalue weighted by Gasteiger charge is 2.34. The number of hydrogen-bond donors (Lipinski definition) is 3. The molecule has 0 spiro atoms. The zero-order valence-corrected chi connectivity index (χ0v) is 15.5. The van der Waals surface area contributed by atoms with Gasteiger partial charge in [-0.15, -0.1) is 0 Å². The largest absolute Gasteiger partial charge is 0.490 e. The molecule has 0 radical (unpaired) electrons. The van der Waals surface area contributed by atoms with E-state index in [4.69, 9.17) is 21.1 Å². The van der Waals surface area contributed by atoms with Crippen molar-refractivity contribution in [1.82, 2.24) is 10.6 Å². The molecule has 1 saturated heterocycles. The molecule has 3 N–H and O–H groups in total. The molecule has 1 unspecified atom stereocenters. The Kier molecular flexibility index (Phi) is 8.31. The van der Waals surface area contributed by atoms with Crippen molar-refractivity contribution in [2.24, 2.45) is 10.4 Å². The quantitative estimate of drug-likeness (QED) is 0.353. The SMILES string of the molecule is CCNC(=NCC1(CCO)CCOC1)NCCOc1ccccc1Cl. The molecule has 1 aliphatic rings. The van der Waals surface area contributed by atoms with Gasteiger partial charge in [0.1, 0.15) is 12.4 Å². The van der Waals surface area contributed by atoms with Crippen molar-refractivity contribution in [2.75, 3.05) is 46.1 Å². The molecular weight excluding hydrogens is 342 g/mol. The van der Waals surface area contributed by atoms with Crippen molar-refractivity contribution in [3.63, 3.8) is 0 Å². The number of benzene rings is 1. The third kappa shape index (κ3) is 6.38. The fraction of sp³-hybridized carbons (Fsp3) is 0.611. The summed E-state index contributed by atoms with van der Waals surface area (Å²) < 4.78 is 11.2. The molecule has 0 aromatic heterocycles. The van der Waals surface area contributed by atoms with Crippen LogP contribution in [-0.2, 0) is 4.74 Å². The van der Waals surface area contributed by atoms with Crippen LogP contribution in [0, 0.1) is 5.41 Å². The molecule has 0 bridgehead atoms. The maximum atomic E-state index is 9.30. The molecule has 0 amide bonds. The lowest BCUT2D eigenvalue weighted by atomic mass is 9.84. The first-order valence-electron chi connectivity index (χ1n) is 8.77. The van der Waals surface area contributed by atoms with Crippen LogP contribution in [0.1, 0.15) is 19.8 Å². The van der Waals surface area contributed by atoms with Gasteiger partial charge in [0, 0.05) is 25.2 Å². The van der Waals surface area contributed by atoms with Gasteiger partial charge in [0.05, 0.1) is 24.7 Å². The minimum atomic E-state index is -0.0504.